The number of aliphatic carboxylic acids is 1. The zero-order valence-electron chi connectivity index (χ0n) is 8.45. The molecule has 1 heterocycles. The molecule has 0 bridgehead atoms. The molecule has 4 N–H and O–H groups in total. The number of carboxylic acids is 1. The van der Waals surface area contributed by atoms with Crippen LogP contribution in [0.4, 0.5) is 0 Å². The average Bonchev–Trinajstić information content (AvgIpc) is 2.64. The zero-order valence-corrected chi connectivity index (χ0v) is 8.45. The van der Waals surface area contributed by atoms with Crippen LogP contribution in [0.5, 0.6) is 0 Å². The van der Waals surface area contributed by atoms with Crippen molar-refractivity contribution in [3.63, 3.8) is 0 Å². The van der Waals surface area contributed by atoms with Crippen molar-refractivity contribution in [2.24, 2.45) is 5.41 Å². The maximum absolute atomic E-state index is 11.4. The minimum atomic E-state index is -0.973. The highest BCUT2D eigenvalue weighted by Crippen LogP contribution is 2.29. The van der Waals surface area contributed by atoms with Gasteiger partial charge in [-0.25, -0.2) is 0 Å². The molecule has 1 atom stereocenters. The summed E-state index contributed by atoms with van der Waals surface area (Å²) in [5.41, 5.74) is -0.973. The second-order valence-electron chi connectivity index (χ2n) is 3.76. The fraction of sp³-hybridized carbons (Fsp3) is 0.778. The highest BCUT2D eigenvalue weighted by molar-refractivity contribution is 5.85. The van der Waals surface area contributed by atoms with E-state index in [1.807, 2.05) is 0 Å². The van der Waals surface area contributed by atoms with Crippen molar-refractivity contribution >= 4 is 11.9 Å². The monoisotopic (exact) mass is 216 g/mol. The smallest absolute Gasteiger partial charge is 0.311 e. The first-order valence-corrected chi connectivity index (χ1v) is 4.92. The summed E-state index contributed by atoms with van der Waals surface area (Å²) < 4.78 is 0. The van der Waals surface area contributed by atoms with Gasteiger partial charge in [-0.1, -0.05) is 0 Å². The molecule has 0 aromatic rings. The molecule has 0 saturated carbocycles. The summed E-state index contributed by atoms with van der Waals surface area (Å²) >= 11 is 0. The first-order chi connectivity index (χ1) is 7.10. The first kappa shape index (κ1) is 11.9. The molecule has 1 saturated heterocycles. The lowest BCUT2D eigenvalue weighted by atomic mass is 9.83. The molecule has 86 valence electrons. The number of hydrogen-bond donors (Lipinski definition) is 4. The van der Waals surface area contributed by atoms with Crippen LogP contribution in [0.3, 0.4) is 0 Å². The lowest BCUT2D eigenvalue weighted by molar-refractivity contribution is -0.150. The second-order valence-corrected chi connectivity index (χ2v) is 3.76. The van der Waals surface area contributed by atoms with Gasteiger partial charge in [0.2, 0.25) is 5.91 Å². The van der Waals surface area contributed by atoms with Gasteiger partial charge in [-0.15, -0.1) is 0 Å². The number of aliphatic hydroxyl groups is 1. The van der Waals surface area contributed by atoms with Gasteiger partial charge >= 0.3 is 5.97 Å². The number of hydrogen-bond acceptors (Lipinski definition) is 4. The topological polar surface area (TPSA) is 98.7 Å². The number of carbonyl (C=O) groups excluding carboxylic acids is 1. The first-order valence-electron chi connectivity index (χ1n) is 4.92. The van der Waals surface area contributed by atoms with Crippen molar-refractivity contribution in [1.82, 2.24) is 10.6 Å². The molecule has 1 fully saturated rings. The van der Waals surface area contributed by atoms with Crippen LogP contribution in [-0.2, 0) is 9.59 Å². The van der Waals surface area contributed by atoms with E-state index in [-0.39, 0.29) is 25.5 Å². The molecule has 15 heavy (non-hydrogen) atoms. The summed E-state index contributed by atoms with van der Waals surface area (Å²) in [7, 11) is 0. The Kier molecular flexibility index (Phi) is 4.05. The fourth-order valence-corrected chi connectivity index (χ4v) is 1.72. The van der Waals surface area contributed by atoms with E-state index in [0.717, 1.165) is 0 Å². The maximum Gasteiger partial charge on any atom is 0.311 e. The third-order valence-electron chi connectivity index (χ3n) is 2.63. The maximum atomic E-state index is 11.4. The Bertz CT molecular complexity index is 248. The van der Waals surface area contributed by atoms with Crippen molar-refractivity contribution in [2.45, 2.75) is 12.8 Å². The van der Waals surface area contributed by atoms with Crippen molar-refractivity contribution in [3.05, 3.63) is 0 Å². The van der Waals surface area contributed by atoms with Gasteiger partial charge < -0.3 is 20.8 Å². The third-order valence-corrected chi connectivity index (χ3v) is 2.63. The fourth-order valence-electron chi connectivity index (χ4n) is 1.72. The summed E-state index contributed by atoms with van der Waals surface area (Å²) in [4.78, 5) is 22.4. The standard InChI is InChI=1S/C9H16N2O4/c12-4-3-11-7(13)5-9(8(14)15)1-2-10-6-9/h10,12H,1-6H2,(H,11,13)(H,14,15). The molecule has 0 radical (unpaired) electrons. The van der Waals surface area contributed by atoms with Gasteiger partial charge in [-0.3, -0.25) is 9.59 Å². The van der Waals surface area contributed by atoms with Crippen LogP contribution in [-0.4, -0.2) is 48.3 Å². The Morgan fingerprint density at radius 1 is 1.47 bits per heavy atom. The number of aliphatic hydroxyl groups excluding tert-OH is 1. The molecule has 1 unspecified atom stereocenters. The van der Waals surface area contributed by atoms with Crippen LogP contribution >= 0.6 is 0 Å². The normalized spacial score (nSPS) is 25.1. The summed E-state index contributed by atoms with van der Waals surface area (Å²) in [5.74, 6) is -1.26. The van der Waals surface area contributed by atoms with E-state index < -0.39 is 11.4 Å². The summed E-state index contributed by atoms with van der Waals surface area (Å²) in [6.07, 6.45) is 0.435. The molecule has 0 aromatic heterocycles. The van der Waals surface area contributed by atoms with E-state index in [9.17, 15) is 9.59 Å². The van der Waals surface area contributed by atoms with Gasteiger partial charge in [-0.05, 0) is 13.0 Å². The number of carboxylic acid groups (broad SMARTS) is 1. The lowest BCUT2D eigenvalue weighted by Gasteiger charge is -2.21. The molecule has 0 spiro atoms. The molecule has 0 aliphatic carbocycles. The Hall–Kier alpha value is -1.14. The number of rotatable bonds is 5. The van der Waals surface area contributed by atoms with E-state index >= 15 is 0 Å². The van der Waals surface area contributed by atoms with Crippen LogP contribution < -0.4 is 10.6 Å². The molecule has 1 aliphatic heterocycles. The Morgan fingerprint density at radius 3 is 2.67 bits per heavy atom. The van der Waals surface area contributed by atoms with Crippen molar-refractivity contribution in [1.29, 1.82) is 0 Å². The largest absolute Gasteiger partial charge is 0.481 e. The van der Waals surface area contributed by atoms with Crippen molar-refractivity contribution in [3.8, 4) is 0 Å². The average molecular weight is 216 g/mol. The van der Waals surface area contributed by atoms with E-state index in [0.29, 0.717) is 19.5 Å². The zero-order chi connectivity index (χ0) is 11.3. The van der Waals surface area contributed by atoms with Crippen LogP contribution in [0.15, 0.2) is 0 Å². The van der Waals surface area contributed by atoms with Gasteiger partial charge in [0.15, 0.2) is 0 Å². The van der Waals surface area contributed by atoms with Gasteiger partial charge in [0.1, 0.15) is 0 Å². The van der Waals surface area contributed by atoms with E-state index in [1.165, 1.54) is 0 Å². The van der Waals surface area contributed by atoms with Gasteiger partial charge in [0, 0.05) is 19.5 Å². The van der Waals surface area contributed by atoms with Gasteiger partial charge in [0.05, 0.1) is 12.0 Å². The van der Waals surface area contributed by atoms with Crippen LogP contribution in [0.1, 0.15) is 12.8 Å². The Labute approximate surface area is 87.7 Å². The third kappa shape index (κ3) is 2.90. The minimum absolute atomic E-state index is 0.0324. The second kappa shape index (κ2) is 5.09. The molecule has 6 nitrogen and oxygen atoms in total. The quantitative estimate of drug-likeness (QED) is 0.450. The lowest BCUT2D eigenvalue weighted by Crippen LogP contribution is -2.39. The molecular formula is C9H16N2O4. The van der Waals surface area contributed by atoms with Gasteiger partial charge in [-0.2, -0.15) is 0 Å². The number of amides is 1. The minimum Gasteiger partial charge on any atom is -0.481 e. The van der Waals surface area contributed by atoms with Crippen LogP contribution in [0.25, 0.3) is 0 Å². The van der Waals surface area contributed by atoms with Crippen molar-refractivity contribution in [2.75, 3.05) is 26.2 Å². The van der Waals surface area contributed by atoms with Crippen LogP contribution in [0.2, 0.25) is 0 Å². The van der Waals surface area contributed by atoms with E-state index in [1.54, 1.807) is 0 Å². The van der Waals surface area contributed by atoms with E-state index in [4.69, 9.17) is 10.2 Å². The van der Waals surface area contributed by atoms with Crippen LogP contribution in [0, 0.1) is 5.41 Å². The predicted molar refractivity (Wildman–Crippen MR) is 52.3 cm³/mol. The summed E-state index contributed by atoms with van der Waals surface area (Å²) in [5, 5.41) is 23.0. The molecular weight excluding hydrogens is 200 g/mol. The number of nitrogens with one attached hydrogen (secondary N) is 2. The Balaban J connectivity index is 2.52. The molecule has 0 aromatic carbocycles. The molecule has 1 amide bonds. The van der Waals surface area contributed by atoms with E-state index in [2.05, 4.69) is 10.6 Å². The molecule has 1 rings (SSSR count). The Morgan fingerprint density at radius 2 is 2.20 bits per heavy atom. The highest BCUT2D eigenvalue weighted by atomic mass is 16.4. The summed E-state index contributed by atoms with van der Waals surface area (Å²) in [6, 6.07) is 0. The summed E-state index contributed by atoms with van der Waals surface area (Å²) in [6.45, 7) is 0.987. The predicted octanol–water partition coefficient (Wildman–Crippen LogP) is -1.45. The van der Waals surface area contributed by atoms with Crippen molar-refractivity contribution < 1.29 is 19.8 Å². The van der Waals surface area contributed by atoms with Gasteiger partial charge in [0.25, 0.3) is 0 Å². The highest BCUT2D eigenvalue weighted by Gasteiger charge is 2.43. The molecule has 6 heteroatoms. The SMILES string of the molecule is O=C(CC1(C(=O)O)CCNC1)NCCO. The molecule has 1 aliphatic rings. The number of carbonyl (C=O) groups is 2.